The summed E-state index contributed by atoms with van der Waals surface area (Å²) in [4.78, 5) is 14.6. The first-order chi connectivity index (χ1) is 13.6. The molecule has 0 saturated carbocycles. The van der Waals surface area contributed by atoms with Crippen molar-refractivity contribution in [3.05, 3.63) is 71.0 Å². The second-order valence-corrected chi connectivity index (χ2v) is 7.30. The molecule has 2 heterocycles. The minimum absolute atomic E-state index is 0.0121. The van der Waals surface area contributed by atoms with Gasteiger partial charge >= 0.3 is 0 Å². The molecule has 0 bridgehead atoms. The van der Waals surface area contributed by atoms with E-state index in [-0.39, 0.29) is 17.0 Å². The minimum atomic E-state index is -0.533. The fourth-order valence-electron chi connectivity index (χ4n) is 3.45. The maximum Gasteiger partial charge on any atom is 0.251 e. The number of benzene rings is 2. The van der Waals surface area contributed by atoms with Crippen LogP contribution in [0.2, 0.25) is 5.02 Å². The van der Waals surface area contributed by atoms with Gasteiger partial charge in [0, 0.05) is 30.8 Å². The number of rotatable bonds is 4. The van der Waals surface area contributed by atoms with E-state index in [0.717, 1.165) is 36.5 Å². The molecule has 0 aliphatic carbocycles. The SMILES string of the molecule is O=C(N[C@@H]1CCCN(c2cc(-c3ccccc3)[nH]n2)C1)c1ccc(F)c(Cl)c1. The van der Waals surface area contributed by atoms with E-state index in [2.05, 4.69) is 20.4 Å². The number of aromatic nitrogens is 2. The highest BCUT2D eigenvalue weighted by Crippen LogP contribution is 2.24. The van der Waals surface area contributed by atoms with Gasteiger partial charge in [-0.15, -0.1) is 0 Å². The first kappa shape index (κ1) is 18.5. The summed E-state index contributed by atoms with van der Waals surface area (Å²) in [6.45, 7) is 1.55. The zero-order valence-corrected chi connectivity index (χ0v) is 15.9. The average Bonchev–Trinajstić information content (AvgIpc) is 3.21. The van der Waals surface area contributed by atoms with Crippen LogP contribution in [0.1, 0.15) is 23.2 Å². The van der Waals surface area contributed by atoms with Gasteiger partial charge in [-0.05, 0) is 36.6 Å². The number of carbonyl (C=O) groups excluding carboxylic acids is 1. The molecule has 1 aromatic heterocycles. The van der Waals surface area contributed by atoms with Crippen LogP contribution in [0.3, 0.4) is 0 Å². The van der Waals surface area contributed by atoms with E-state index in [9.17, 15) is 9.18 Å². The molecule has 0 spiro atoms. The molecule has 1 aliphatic heterocycles. The molecule has 0 unspecified atom stereocenters. The number of carbonyl (C=O) groups is 1. The Labute approximate surface area is 167 Å². The van der Waals surface area contributed by atoms with Crippen LogP contribution >= 0.6 is 11.6 Å². The Kier molecular flexibility index (Phi) is 5.30. The lowest BCUT2D eigenvalue weighted by atomic mass is 10.0. The fourth-order valence-corrected chi connectivity index (χ4v) is 3.63. The molecule has 1 fully saturated rings. The number of amides is 1. The lowest BCUT2D eigenvalue weighted by Gasteiger charge is -2.33. The number of nitrogens with one attached hydrogen (secondary N) is 2. The minimum Gasteiger partial charge on any atom is -0.353 e. The highest BCUT2D eigenvalue weighted by molar-refractivity contribution is 6.31. The van der Waals surface area contributed by atoms with Gasteiger partial charge in [0.1, 0.15) is 5.82 Å². The van der Waals surface area contributed by atoms with E-state index < -0.39 is 5.82 Å². The maximum absolute atomic E-state index is 13.3. The van der Waals surface area contributed by atoms with Gasteiger partial charge in [0.15, 0.2) is 5.82 Å². The van der Waals surface area contributed by atoms with Gasteiger partial charge in [-0.3, -0.25) is 9.89 Å². The lowest BCUT2D eigenvalue weighted by Crippen LogP contribution is -2.48. The summed E-state index contributed by atoms with van der Waals surface area (Å²) in [6, 6.07) is 16.0. The number of piperidine rings is 1. The number of aromatic amines is 1. The van der Waals surface area contributed by atoms with Gasteiger partial charge in [-0.25, -0.2) is 4.39 Å². The van der Waals surface area contributed by atoms with Crippen molar-refractivity contribution in [1.82, 2.24) is 15.5 Å². The van der Waals surface area contributed by atoms with Crippen LogP contribution in [-0.2, 0) is 0 Å². The topological polar surface area (TPSA) is 61.0 Å². The largest absolute Gasteiger partial charge is 0.353 e. The Morgan fingerprint density at radius 1 is 1.21 bits per heavy atom. The first-order valence-corrected chi connectivity index (χ1v) is 9.59. The Morgan fingerprint density at radius 3 is 2.82 bits per heavy atom. The molecule has 1 amide bonds. The van der Waals surface area contributed by atoms with E-state index in [4.69, 9.17) is 11.6 Å². The predicted molar refractivity (Wildman–Crippen MR) is 108 cm³/mol. The molecular formula is C21H20ClFN4O. The number of anilines is 1. The number of hydrogen-bond donors (Lipinski definition) is 2. The fraction of sp³-hybridized carbons (Fsp3) is 0.238. The Morgan fingerprint density at radius 2 is 2.04 bits per heavy atom. The van der Waals surface area contributed by atoms with Crippen LogP contribution in [-0.4, -0.2) is 35.2 Å². The van der Waals surface area contributed by atoms with Gasteiger partial charge in [-0.1, -0.05) is 41.9 Å². The molecule has 4 rings (SSSR count). The quantitative estimate of drug-likeness (QED) is 0.690. The van der Waals surface area contributed by atoms with Crippen molar-refractivity contribution in [3.8, 4) is 11.3 Å². The van der Waals surface area contributed by atoms with Gasteiger partial charge < -0.3 is 10.2 Å². The highest BCUT2D eigenvalue weighted by Gasteiger charge is 2.24. The highest BCUT2D eigenvalue weighted by atomic mass is 35.5. The molecule has 144 valence electrons. The molecule has 2 N–H and O–H groups in total. The second-order valence-electron chi connectivity index (χ2n) is 6.89. The number of nitrogens with zero attached hydrogens (tertiary/aromatic N) is 2. The molecule has 28 heavy (non-hydrogen) atoms. The zero-order chi connectivity index (χ0) is 19.5. The summed E-state index contributed by atoms with van der Waals surface area (Å²) in [5, 5.41) is 10.5. The Bertz CT molecular complexity index is 976. The van der Waals surface area contributed by atoms with Crippen molar-refractivity contribution in [2.45, 2.75) is 18.9 Å². The third-order valence-electron chi connectivity index (χ3n) is 4.91. The van der Waals surface area contributed by atoms with E-state index in [0.29, 0.717) is 12.1 Å². The van der Waals surface area contributed by atoms with Crippen LogP contribution in [0.5, 0.6) is 0 Å². The molecule has 2 aromatic carbocycles. The predicted octanol–water partition coefficient (Wildman–Crippen LogP) is 4.27. The molecule has 1 aliphatic rings. The Balaban J connectivity index is 1.42. The van der Waals surface area contributed by atoms with E-state index in [1.807, 2.05) is 36.4 Å². The summed E-state index contributed by atoms with van der Waals surface area (Å²) in [7, 11) is 0. The van der Waals surface area contributed by atoms with Crippen molar-refractivity contribution < 1.29 is 9.18 Å². The van der Waals surface area contributed by atoms with Crippen molar-refractivity contribution in [2.75, 3.05) is 18.0 Å². The summed E-state index contributed by atoms with van der Waals surface area (Å²) in [5.74, 6) is 0.0817. The Hall–Kier alpha value is -2.86. The van der Waals surface area contributed by atoms with Gasteiger partial charge in [-0.2, -0.15) is 5.10 Å². The third-order valence-corrected chi connectivity index (χ3v) is 5.20. The molecular weight excluding hydrogens is 379 g/mol. The summed E-state index contributed by atoms with van der Waals surface area (Å²) in [6.07, 6.45) is 1.83. The maximum atomic E-state index is 13.3. The standard InChI is InChI=1S/C21H20ClFN4O/c22-17-11-15(8-9-18(17)23)21(28)24-16-7-4-10-27(13-16)20-12-19(25-26-20)14-5-2-1-3-6-14/h1-3,5-6,8-9,11-12,16H,4,7,10,13H2,(H,24,28)(H,25,26)/t16-/m1/s1. The van der Waals surface area contributed by atoms with Crippen molar-refractivity contribution in [2.24, 2.45) is 0 Å². The zero-order valence-electron chi connectivity index (χ0n) is 15.2. The lowest BCUT2D eigenvalue weighted by molar-refractivity contribution is 0.0933. The molecule has 7 heteroatoms. The van der Waals surface area contributed by atoms with Crippen molar-refractivity contribution >= 4 is 23.3 Å². The molecule has 5 nitrogen and oxygen atoms in total. The van der Waals surface area contributed by atoms with Crippen LogP contribution in [0.25, 0.3) is 11.3 Å². The summed E-state index contributed by atoms with van der Waals surface area (Å²) >= 11 is 5.78. The van der Waals surface area contributed by atoms with Crippen LogP contribution in [0.4, 0.5) is 10.2 Å². The molecule has 3 aromatic rings. The summed E-state index contributed by atoms with van der Waals surface area (Å²) in [5.41, 5.74) is 2.40. The van der Waals surface area contributed by atoms with E-state index in [1.54, 1.807) is 0 Å². The molecule has 1 saturated heterocycles. The van der Waals surface area contributed by atoms with Crippen molar-refractivity contribution in [1.29, 1.82) is 0 Å². The van der Waals surface area contributed by atoms with Crippen LogP contribution in [0, 0.1) is 5.82 Å². The van der Waals surface area contributed by atoms with Crippen molar-refractivity contribution in [3.63, 3.8) is 0 Å². The molecule has 0 radical (unpaired) electrons. The van der Waals surface area contributed by atoms with E-state index in [1.165, 1.54) is 18.2 Å². The number of halogens is 2. The third kappa shape index (κ3) is 4.02. The van der Waals surface area contributed by atoms with Crippen LogP contribution in [0.15, 0.2) is 54.6 Å². The normalized spacial score (nSPS) is 16.8. The van der Waals surface area contributed by atoms with Gasteiger partial charge in [0.25, 0.3) is 5.91 Å². The smallest absolute Gasteiger partial charge is 0.251 e. The van der Waals surface area contributed by atoms with Gasteiger partial charge in [0.2, 0.25) is 0 Å². The van der Waals surface area contributed by atoms with E-state index >= 15 is 0 Å². The molecule has 1 atom stereocenters. The average molecular weight is 399 g/mol. The van der Waals surface area contributed by atoms with Gasteiger partial charge in [0.05, 0.1) is 10.7 Å². The summed E-state index contributed by atoms with van der Waals surface area (Å²) < 4.78 is 13.3. The number of H-pyrrole nitrogens is 1. The van der Waals surface area contributed by atoms with Crippen LogP contribution < -0.4 is 10.2 Å². The monoisotopic (exact) mass is 398 g/mol. The number of hydrogen-bond acceptors (Lipinski definition) is 3. The second kappa shape index (κ2) is 8.02. The first-order valence-electron chi connectivity index (χ1n) is 9.22.